The highest BCUT2D eigenvalue weighted by molar-refractivity contribution is 5.62. The van der Waals surface area contributed by atoms with E-state index in [-0.39, 0.29) is 11.9 Å². The average Bonchev–Trinajstić information content (AvgIpc) is 3.16. The van der Waals surface area contributed by atoms with Crippen LogP contribution in [0.5, 0.6) is 0 Å². The minimum Gasteiger partial charge on any atom is -0.465 e. The third-order valence-corrected chi connectivity index (χ3v) is 4.16. The molecule has 6 heteroatoms. The Kier molecular flexibility index (Phi) is 4.49. The number of rotatable bonds is 5. The Morgan fingerprint density at radius 2 is 2.00 bits per heavy atom. The predicted octanol–water partition coefficient (Wildman–Crippen LogP) is 3.60. The van der Waals surface area contributed by atoms with E-state index in [2.05, 4.69) is 15.2 Å². The number of hydrogen-bond acceptors (Lipinski definition) is 4. The molecule has 0 aliphatic carbocycles. The van der Waals surface area contributed by atoms with Gasteiger partial charge in [0, 0.05) is 5.56 Å². The zero-order chi connectivity index (χ0) is 17.3. The van der Waals surface area contributed by atoms with Gasteiger partial charge < -0.3 is 4.42 Å². The van der Waals surface area contributed by atoms with Gasteiger partial charge in [0.05, 0.1) is 18.8 Å². The van der Waals surface area contributed by atoms with E-state index in [1.165, 1.54) is 6.07 Å². The lowest BCUT2D eigenvalue weighted by Gasteiger charge is -2.21. The van der Waals surface area contributed by atoms with Crippen molar-refractivity contribution in [3.05, 3.63) is 59.4 Å². The fraction of sp³-hybridized carbons (Fsp3) is 0.333. The molecule has 0 saturated heterocycles. The van der Waals surface area contributed by atoms with Crippen LogP contribution in [0.2, 0.25) is 0 Å². The quantitative estimate of drug-likeness (QED) is 0.718. The van der Waals surface area contributed by atoms with Gasteiger partial charge in [-0.1, -0.05) is 17.3 Å². The zero-order valence-electron chi connectivity index (χ0n) is 14.3. The molecule has 5 nitrogen and oxygen atoms in total. The van der Waals surface area contributed by atoms with E-state index in [0.29, 0.717) is 17.8 Å². The van der Waals surface area contributed by atoms with Crippen LogP contribution in [0.4, 0.5) is 4.39 Å². The molecule has 3 rings (SSSR count). The van der Waals surface area contributed by atoms with Gasteiger partial charge in [0.2, 0.25) is 0 Å². The van der Waals surface area contributed by atoms with Crippen LogP contribution < -0.4 is 0 Å². The smallest absolute Gasteiger partial charge is 0.126 e. The maximum atomic E-state index is 13.7. The van der Waals surface area contributed by atoms with E-state index in [4.69, 9.17) is 4.42 Å². The van der Waals surface area contributed by atoms with Crippen molar-refractivity contribution in [2.24, 2.45) is 0 Å². The number of likely N-dealkylation sites (N-methyl/N-ethyl adjacent to an activating group) is 1. The molecule has 0 aliphatic heterocycles. The van der Waals surface area contributed by atoms with Crippen molar-refractivity contribution >= 4 is 0 Å². The van der Waals surface area contributed by atoms with Crippen LogP contribution in [0, 0.1) is 19.7 Å². The first-order valence-corrected chi connectivity index (χ1v) is 7.84. The van der Waals surface area contributed by atoms with Crippen LogP contribution in [0.1, 0.15) is 23.1 Å². The van der Waals surface area contributed by atoms with Gasteiger partial charge in [-0.15, -0.1) is 5.10 Å². The summed E-state index contributed by atoms with van der Waals surface area (Å²) in [5.41, 5.74) is 2.01. The topological polar surface area (TPSA) is 47.1 Å². The highest BCUT2D eigenvalue weighted by Gasteiger charge is 2.19. The van der Waals surface area contributed by atoms with Gasteiger partial charge in [0.15, 0.2) is 0 Å². The van der Waals surface area contributed by atoms with Crippen LogP contribution in [0.25, 0.3) is 11.3 Å². The van der Waals surface area contributed by atoms with Crippen molar-refractivity contribution in [3.8, 4) is 11.3 Å². The largest absolute Gasteiger partial charge is 0.465 e. The molecule has 0 aliphatic rings. The van der Waals surface area contributed by atoms with Crippen LogP contribution >= 0.6 is 0 Å². The molecule has 0 fully saturated rings. The summed E-state index contributed by atoms with van der Waals surface area (Å²) in [5, 5.41) is 8.39. The molecule has 0 amide bonds. The molecule has 2 aromatic heterocycles. The van der Waals surface area contributed by atoms with Gasteiger partial charge in [0.1, 0.15) is 23.0 Å². The zero-order valence-corrected chi connectivity index (χ0v) is 14.3. The SMILES string of the molecule is Cc1ccc(C(Cn2cc(-c3cccc(F)c3C)nn2)N(C)C)o1. The standard InChI is InChI=1S/C18H21FN4O/c1-12-8-9-18(24-12)17(22(3)4)11-23-10-16(20-21-23)14-6-5-7-15(19)13(14)2/h5-10,17H,11H2,1-4H3. The number of benzene rings is 1. The third-order valence-electron chi connectivity index (χ3n) is 4.16. The fourth-order valence-corrected chi connectivity index (χ4v) is 2.71. The van der Waals surface area contributed by atoms with Crippen LogP contribution in [-0.2, 0) is 6.54 Å². The third kappa shape index (κ3) is 3.23. The summed E-state index contributed by atoms with van der Waals surface area (Å²) in [7, 11) is 3.99. The molecule has 24 heavy (non-hydrogen) atoms. The monoisotopic (exact) mass is 328 g/mol. The van der Waals surface area contributed by atoms with E-state index in [9.17, 15) is 4.39 Å². The maximum absolute atomic E-state index is 13.7. The first-order valence-electron chi connectivity index (χ1n) is 7.84. The molecular weight excluding hydrogens is 307 g/mol. The highest BCUT2D eigenvalue weighted by atomic mass is 19.1. The fourth-order valence-electron chi connectivity index (χ4n) is 2.71. The minimum atomic E-state index is -0.237. The normalized spacial score (nSPS) is 12.8. The summed E-state index contributed by atoms with van der Waals surface area (Å²) >= 11 is 0. The number of hydrogen-bond donors (Lipinski definition) is 0. The Morgan fingerprint density at radius 1 is 1.21 bits per heavy atom. The summed E-state index contributed by atoms with van der Waals surface area (Å²) in [4.78, 5) is 2.08. The van der Waals surface area contributed by atoms with Crippen molar-refractivity contribution < 1.29 is 8.81 Å². The number of aromatic nitrogens is 3. The Morgan fingerprint density at radius 3 is 2.67 bits per heavy atom. The van der Waals surface area contributed by atoms with Crippen LogP contribution in [0.15, 0.2) is 40.9 Å². The summed E-state index contributed by atoms with van der Waals surface area (Å²) < 4.78 is 21.3. The lowest BCUT2D eigenvalue weighted by molar-refractivity contribution is 0.223. The second kappa shape index (κ2) is 6.57. The number of halogens is 1. The van der Waals surface area contributed by atoms with Gasteiger partial charge in [-0.25, -0.2) is 9.07 Å². The van der Waals surface area contributed by atoms with Crippen molar-refractivity contribution in [2.45, 2.75) is 26.4 Å². The van der Waals surface area contributed by atoms with Gasteiger partial charge in [-0.3, -0.25) is 4.90 Å². The van der Waals surface area contributed by atoms with Gasteiger partial charge >= 0.3 is 0 Å². The number of furan rings is 1. The molecule has 0 radical (unpaired) electrons. The summed E-state index contributed by atoms with van der Waals surface area (Å²) in [6.45, 7) is 4.27. The molecule has 3 aromatic rings. The van der Waals surface area contributed by atoms with E-state index >= 15 is 0 Å². The van der Waals surface area contributed by atoms with E-state index in [0.717, 1.165) is 17.1 Å². The van der Waals surface area contributed by atoms with E-state index < -0.39 is 0 Å². The summed E-state index contributed by atoms with van der Waals surface area (Å²) in [6, 6.07) is 8.96. The molecule has 1 unspecified atom stereocenters. The van der Waals surface area contributed by atoms with Crippen molar-refractivity contribution in [1.29, 1.82) is 0 Å². The highest BCUT2D eigenvalue weighted by Crippen LogP contribution is 2.25. The first kappa shape index (κ1) is 16.4. The average molecular weight is 328 g/mol. The summed E-state index contributed by atoms with van der Waals surface area (Å²) in [6.07, 6.45) is 1.84. The molecular formula is C18H21FN4O. The molecule has 1 atom stereocenters. The molecule has 0 N–H and O–H groups in total. The van der Waals surface area contributed by atoms with Gasteiger partial charge in [-0.05, 0) is 51.7 Å². The maximum Gasteiger partial charge on any atom is 0.126 e. The second-order valence-electron chi connectivity index (χ2n) is 6.17. The molecule has 0 saturated carbocycles. The summed E-state index contributed by atoms with van der Waals surface area (Å²) in [5.74, 6) is 1.53. The van der Waals surface area contributed by atoms with Crippen molar-refractivity contribution in [1.82, 2.24) is 19.9 Å². The number of aryl methyl sites for hydroxylation is 1. The van der Waals surface area contributed by atoms with E-state index in [1.54, 1.807) is 17.7 Å². The van der Waals surface area contributed by atoms with Crippen LogP contribution in [0.3, 0.4) is 0 Å². The lowest BCUT2D eigenvalue weighted by atomic mass is 10.1. The minimum absolute atomic E-state index is 0.0434. The Bertz CT molecular complexity index is 837. The van der Waals surface area contributed by atoms with Crippen molar-refractivity contribution in [2.75, 3.05) is 14.1 Å². The number of nitrogens with zero attached hydrogens (tertiary/aromatic N) is 4. The molecule has 0 bridgehead atoms. The molecule has 126 valence electrons. The Hall–Kier alpha value is -2.47. The van der Waals surface area contributed by atoms with Crippen molar-refractivity contribution in [3.63, 3.8) is 0 Å². The Labute approximate surface area is 140 Å². The lowest BCUT2D eigenvalue weighted by Crippen LogP contribution is -2.24. The van der Waals surface area contributed by atoms with E-state index in [1.807, 2.05) is 45.4 Å². The second-order valence-corrected chi connectivity index (χ2v) is 6.17. The first-order chi connectivity index (χ1) is 11.5. The molecule has 1 aromatic carbocycles. The Balaban J connectivity index is 1.86. The van der Waals surface area contributed by atoms with Crippen LogP contribution in [-0.4, -0.2) is 34.0 Å². The predicted molar refractivity (Wildman–Crippen MR) is 90.0 cm³/mol. The molecule has 2 heterocycles. The van der Waals surface area contributed by atoms with Gasteiger partial charge in [0.25, 0.3) is 0 Å². The van der Waals surface area contributed by atoms with Gasteiger partial charge in [-0.2, -0.15) is 0 Å². The molecule has 0 spiro atoms.